The van der Waals surface area contributed by atoms with Crippen molar-refractivity contribution in [1.29, 1.82) is 0 Å². The average Bonchev–Trinajstić information content (AvgIpc) is 0.592. The van der Waals surface area contributed by atoms with Crippen molar-refractivity contribution in [2.24, 2.45) is 0 Å². The Hall–Kier alpha value is -0.0429. The van der Waals surface area contributed by atoms with Gasteiger partial charge in [0.25, 0.3) is 0 Å². The van der Waals surface area contributed by atoms with Gasteiger partial charge in [-0.25, -0.2) is 0 Å². The summed E-state index contributed by atoms with van der Waals surface area (Å²) >= 11 is -8.46. The Bertz CT molecular complexity index is 386. The number of hydrogen-bond acceptors (Lipinski definition) is 5. The van der Waals surface area contributed by atoms with Crippen molar-refractivity contribution in [3.8, 4) is 0 Å². The average molecular weight is 292 g/mol. The van der Waals surface area contributed by atoms with Crippen molar-refractivity contribution in [3.63, 3.8) is 0 Å². The molecule has 7 heteroatoms. The molecule has 0 saturated heterocycles. The molecule has 0 atom stereocenters. The Kier molecular flexibility index (Phi) is 0.650. The normalized spacial score (nSPS) is 12.6. The molecular weight excluding hydrogens is 289 g/mol. The van der Waals surface area contributed by atoms with Crippen molar-refractivity contribution < 1.29 is 29.9 Å². The molecule has 0 aromatic heterocycles. The molecule has 0 amide bonds. The summed E-state index contributed by atoms with van der Waals surface area (Å²) in [5.74, 6) is 0. The SMILES string of the molecule is [O]=[Ta](=[O])(=[O])(=[O])(=[O])[SiH3]. The van der Waals surface area contributed by atoms with Crippen molar-refractivity contribution in [1.82, 2.24) is 0 Å². The van der Waals surface area contributed by atoms with Gasteiger partial charge < -0.3 is 0 Å². The van der Waals surface area contributed by atoms with Crippen molar-refractivity contribution in [3.05, 3.63) is 0 Å². The predicted molar refractivity (Wildman–Crippen MR) is 13.4 cm³/mol. The zero-order chi connectivity index (χ0) is 6.41. The molecule has 7 heavy (non-hydrogen) atoms. The molecule has 0 heterocycles. The van der Waals surface area contributed by atoms with Gasteiger partial charge in [-0.1, -0.05) is 0 Å². The third-order valence-electron chi connectivity index (χ3n) is 0. The molecule has 0 radical (unpaired) electrons. The summed E-state index contributed by atoms with van der Waals surface area (Å²) in [6, 6.07) is 0. The fraction of sp³-hybridized carbons (Fsp3) is 0. The Balaban J connectivity index is 7.65. The maximum atomic E-state index is 9.30. The van der Waals surface area contributed by atoms with Crippen LogP contribution < -0.4 is 0 Å². The van der Waals surface area contributed by atoms with Crippen LogP contribution in [0.25, 0.3) is 0 Å². The second kappa shape index (κ2) is 0.654. The minimum absolute atomic E-state index is 1.35. The molecular formula is H3O5SiTa. The van der Waals surface area contributed by atoms with E-state index in [9.17, 15) is 16.3 Å². The second-order valence-electron chi connectivity index (χ2n) is 1.66. The van der Waals surface area contributed by atoms with E-state index in [2.05, 4.69) is 0 Å². The van der Waals surface area contributed by atoms with Gasteiger partial charge >= 0.3 is 37.9 Å². The van der Waals surface area contributed by atoms with E-state index in [1.54, 1.807) is 0 Å². The summed E-state index contributed by atoms with van der Waals surface area (Å²) < 4.78 is 46.5. The third-order valence-corrected chi connectivity index (χ3v) is 0. The van der Waals surface area contributed by atoms with Crippen LogP contribution in [0, 0.1) is 0 Å². The van der Waals surface area contributed by atoms with Gasteiger partial charge in [-0.05, 0) is 0 Å². The molecule has 0 aliphatic carbocycles. The van der Waals surface area contributed by atoms with E-state index in [-0.39, 0.29) is 0 Å². The van der Waals surface area contributed by atoms with E-state index in [1.807, 2.05) is 0 Å². The van der Waals surface area contributed by atoms with E-state index in [4.69, 9.17) is 0 Å². The second-order valence-corrected chi connectivity index (χ2v) is 28.5. The van der Waals surface area contributed by atoms with E-state index in [0.29, 0.717) is 0 Å². The quantitative estimate of drug-likeness (QED) is 0.493. The summed E-state index contributed by atoms with van der Waals surface area (Å²) in [6.45, 7) is 0. The standard InChI is InChI=1S/5O.H3Si.Ta/h;;;;;1H3;. The van der Waals surface area contributed by atoms with E-state index >= 15 is 0 Å². The van der Waals surface area contributed by atoms with Crippen molar-refractivity contribution in [2.45, 2.75) is 0 Å². The fourth-order valence-electron chi connectivity index (χ4n) is 0. The van der Waals surface area contributed by atoms with Crippen LogP contribution in [0.2, 0.25) is 0 Å². The molecule has 0 aliphatic rings. The van der Waals surface area contributed by atoms with E-state index in [0.717, 1.165) is 0 Å². The first-order valence-corrected chi connectivity index (χ1v) is 18.5. The number of hydrogen-bond donors (Lipinski definition) is 0. The molecule has 5 nitrogen and oxygen atoms in total. The van der Waals surface area contributed by atoms with Crippen LogP contribution in [0.3, 0.4) is 0 Å². The molecule has 42 valence electrons. The number of rotatable bonds is 0. The zero-order valence-electron chi connectivity index (χ0n) is 3.49. The van der Waals surface area contributed by atoms with Crippen molar-refractivity contribution >= 4 is 8.00 Å². The van der Waals surface area contributed by atoms with Gasteiger partial charge in [0.05, 0.1) is 0 Å². The van der Waals surface area contributed by atoms with Gasteiger partial charge in [-0.15, -0.1) is 0 Å². The Morgan fingerprint density at radius 2 is 0.857 bits per heavy atom. The molecule has 0 aliphatic heterocycles. The zero-order valence-corrected chi connectivity index (χ0v) is 8.70. The Morgan fingerprint density at radius 3 is 0.857 bits per heavy atom. The van der Waals surface area contributed by atoms with Gasteiger partial charge in [0.15, 0.2) is 0 Å². The van der Waals surface area contributed by atoms with Crippen molar-refractivity contribution in [2.75, 3.05) is 0 Å². The summed E-state index contributed by atoms with van der Waals surface area (Å²) in [6.07, 6.45) is 0. The predicted octanol–water partition coefficient (Wildman–Crippen LogP) is -1.78. The van der Waals surface area contributed by atoms with Gasteiger partial charge in [-0.2, -0.15) is 0 Å². The van der Waals surface area contributed by atoms with Crippen LogP contribution in [0.15, 0.2) is 0 Å². The molecule has 0 rings (SSSR count). The van der Waals surface area contributed by atoms with Crippen LogP contribution in [0.5, 0.6) is 0 Å². The minimum atomic E-state index is -8.46. The molecule has 0 bridgehead atoms. The molecule has 0 unspecified atom stereocenters. The molecule has 0 aromatic carbocycles. The first kappa shape index (κ1) is 6.96. The molecule has 0 fully saturated rings. The summed E-state index contributed by atoms with van der Waals surface area (Å²) in [7, 11) is -1.35. The van der Waals surface area contributed by atoms with Crippen LogP contribution in [0.4, 0.5) is 0 Å². The fourth-order valence-corrected chi connectivity index (χ4v) is 0. The maximum absolute atomic E-state index is 9.30. The Labute approximate surface area is 38.3 Å². The molecule has 0 aromatic rings. The summed E-state index contributed by atoms with van der Waals surface area (Å²) in [4.78, 5) is 0. The van der Waals surface area contributed by atoms with Gasteiger partial charge in [0, 0.05) is 0 Å². The van der Waals surface area contributed by atoms with Gasteiger partial charge in [0.1, 0.15) is 0 Å². The Morgan fingerprint density at radius 1 is 0.857 bits per heavy atom. The molecule has 0 N–H and O–H groups in total. The molecule has 0 spiro atoms. The monoisotopic (exact) mass is 292 g/mol. The first-order chi connectivity index (χ1) is 2.45. The van der Waals surface area contributed by atoms with Crippen LogP contribution in [0.1, 0.15) is 0 Å². The summed E-state index contributed by atoms with van der Waals surface area (Å²) in [5.41, 5.74) is 0. The van der Waals surface area contributed by atoms with E-state index in [1.165, 1.54) is 0 Å². The van der Waals surface area contributed by atoms with Crippen LogP contribution >= 0.6 is 0 Å². The first-order valence-electron chi connectivity index (χ1n) is 1.36. The summed E-state index contributed by atoms with van der Waals surface area (Å²) in [5, 5.41) is 0. The topological polar surface area (TPSA) is 85.3 Å². The van der Waals surface area contributed by atoms with Gasteiger partial charge in [0.2, 0.25) is 0 Å². The van der Waals surface area contributed by atoms with Crippen LogP contribution in [-0.2, 0) is 29.9 Å². The van der Waals surface area contributed by atoms with E-state index < -0.39 is 21.6 Å². The van der Waals surface area contributed by atoms with Crippen LogP contribution in [-0.4, -0.2) is 8.00 Å². The van der Waals surface area contributed by atoms with Gasteiger partial charge in [-0.3, -0.25) is 0 Å². The third kappa shape index (κ3) is 50800. The molecule has 0 saturated carbocycles.